The Morgan fingerprint density at radius 1 is 0.905 bits per heavy atom. The van der Waals surface area contributed by atoms with E-state index in [1.807, 2.05) is 44.2 Å². The molecule has 0 unspecified atom stereocenters. The first-order valence-corrected chi connectivity index (χ1v) is 7.01. The Morgan fingerprint density at radius 3 is 1.62 bits per heavy atom. The highest BCUT2D eigenvalue weighted by atomic mass is 15.1. The Balaban J connectivity index is -0.000000255. The fourth-order valence-electron chi connectivity index (χ4n) is 1.35. The summed E-state index contributed by atoms with van der Waals surface area (Å²) in [5, 5.41) is 0. The van der Waals surface area contributed by atoms with Crippen molar-refractivity contribution >= 4 is 0 Å². The number of nitrogens with zero attached hydrogens (tertiary/aromatic N) is 4. The Kier molecular flexibility index (Phi) is 15.6. The van der Waals surface area contributed by atoms with Crippen LogP contribution in [0.3, 0.4) is 0 Å². The van der Waals surface area contributed by atoms with E-state index in [4.69, 9.17) is 0 Å². The van der Waals surface area contributed by atoms with Gasteiger partial charge in [-0.05, 0) is 27.7 Å². The maximum Gasteiger partial charge on any atom is 0.243 e. The van der Waals surface area contributed by atoms with Crippen LogP contribution in [0.5, 0.6) is 0 Å². The topological polar surface area (TPSA) is 26.6 Å². The molecular formula is C17H37N4+. The zero-order chi connectivity index (χ0) is 14.8. The van der Waals surface area contributed by atoms with Gasteiger partial charge in [-0.15, -0.1) is 0 Å². The first-order valence-electron chi connectivity index (χ1n) is 7.01. The van der Waals surface area contributed by atoms with E-state index in [0.717, 1.165) is 0 Å². The lowest BCUT2D eigenvalue weighted by molar-refractivity contribution is -0.671. The summed E-state index contributed by atoms with van der Waals surface area (Å²) in [6.07, 6.45) is 11.8. The minimum Gasteiger partial charge on any atom is -0.335 e. The van der Waals surface area contributed by atoms with Crippen LogP contribution < -0.4 is 4.57 Å². The van der Waals surface area contributed by atoms with Gasteiger partial charge in [0, 0.05) is 18.4 Å². The van der Waals surface area contributed by atoms with E-state index in [0.29, 0.717) is 12.1 Å². The van der Waals surface area contributed by atoms with E-state index < -0.39 is 0 Å². The molecule has 2 aromatic heterocycles. The molecule has 0 saturated carbocycles. The highest BCUT2D eigenvalue weighted by Crippen LogP contribution is 2.00. The SMILES string of the molecule is C.C.CC.CC(C)n1cc[n+](C)c1.CC(C)n1ccnc1. The largest absolute Gasteiger partial charge is 0.335 e. The molecule has 0 aliphatic heterocycles. The lowest BCUT2D eigenvalue weighted by Gasteiger charge is -2.02. The third-order valence-electron chi connectivity index (χ3n) is 2.51. The zero-order valence-electron chi connectivity index (χ0n) is 13.4. The highest BCUT2D eigenvalue weighted by Gasteiger charge is 2.01. The van der Waals surface area contributed by atoms with Crippen molar-refractivity contribution in [1.82, 2.24) is 14.1 Å². The number of imidazole rings is 2. The fraction of sp³-hybridized carbons (Fsp3) is 0.647. The summed E-state index contributed by atoms with van der Waals surface area (Å²) in [7, 11) is 2.03. The van der Waals surface area contributed by atoms with Crippen LogP contribution in [0, 0.1) is 0 Å². The second-order valence-electron chi connectivity index (χ2n) is 4.72. The van der Waals surface area contributed by atoms with Gasteiger partial charge in [-0.3, -0.25) is 0 Å². The van der Waals surface area contributed by atoms with E-state index in [-0.39, 0.29) is 14.9 Å². The van der Waals surface area contributed by atoms with E-state index in [2.05, 4.69) is 54.3 Å². The number of aryl methyl sites for hydroxylation is 1. The molecule has 2 rings (SSSR count). The van der Waals surface area contributed by atoms with Gasteiger partial charge in [-0.2, -0.15) is 0 Å². The Morgan fingerprint density at radius 2 is 1.43 bits per heavy atom. The van der Waals surface area contributed by atoms with E-state index in [1.54, 1.807) is 6.20 Å². The molecule has 0 aliphatic rings. The van der Waals surface area contributed by atoms with E-state index >= 15 is 0 Å². The van der Waals surface area contributed by atoms with E-state index in [1.165, 1.54) is 0 Å². The van der Waals surface area contributed by atoms with Gasteiger partial charge in [0.05, 0.1) is 19.4 Å². The lowest BCUT2D eigenvalue weighted by atomic mass is 10.4. The minimum atomic E-state index is 0. The van der Waals surface area contributed by atoms with Crippen molar-refractivity contribution in [2.24, 2.45) is 7.05 Å². The molecule has 0 aliphatic carbocycles. The predicted octanol–water partition coefficient (Wildman–Crippen LogP) is 4.66. The average Bonchev–Trinajstić information content (AvgIpc) is 3.02. The molecule has 0 spiro atoms. The van der Waals surface area contributed by atoms with Crippen molar-refractivity contribution in [3.05, 3.63) is 37.4 Å². The molecule has 124 valence electrons. The molecule has 2 aromatic rings. The third kappa shape index (κ3) is 9.88. The van der Waals surface area contributed by atoms with Crippen molar-refractivity contribution in [3.63, 3.8) is 0 Å². The van der Waals surface area contributed by atoms with Crippen LogP contribution in [0.25, 0.3) is 0 Å². The highest BCUT2D eigenvalue weighted by molar-refractivity contribution is 4.76. The van der Waals surface area contributed by atoms with Gasteiger partial charge in [-0.1, -0.05) is 28.7 Å². The minimum absolute atomic E-state index is 0. The smallest absolute Gasteiger partial charge is 0.243 e. The summed E-state index contributed by atoms with van der Waals surface area (Å²) in [6.45, 7) is 12.6. The van der Waals surface area contributed by atoms with Crippen molar-refractivity contribution in [2.45, 2.75) is 68.5 Å². The summed E-state index contributed by atoms with van der Waals surface area (Å²) in [5.74, 6) is 0. The second kappa shape index (κ2) is 13.4. The summed E-state index contributed by atoms with van der Waals surface area (Å²) >= 11 is 0. The van der Waals surface area contributed by atoms with Crippen LogP contribution in [-0.4, -0.2) is 14.1 Å². The number of aromatic nitrogens is 4. The molecule has 4 nitrogen and oxygen atoms in total. The first-order chi connectivity index (χ1) is 9.00. The molecule has 0 bridgehead atoms. The molecule has 0 atom stereocenters. The maximum absolute atomic E-state index is 3.91. The van der Waals surface area contributed by atoms with Crippen molar-refractivity contribution in [3.8, 4) is 0 Å². The molecule has 0 radical (unpaired) electrons. The lowest BCUT2D eigenvalue weighted by Crippen LogP contribution is -2.23. The molecule has 0 N–H and O–H groups in total. The number of hydrogen-bond donors (Lipinski definition) is 0. The average molecular weight is 298 g/mol. The quantitative estimate of drug-likeness (QED) is 0.741. The fourth-order valence-corrected chi connectivity index (χ4v) is 1.35. The van der Waals surface area contributed by atoms with Gasteiger partial charge in [0.25, 0.3) is 0 Å². The zero-order valence-corrected chi connectivity index (χ0v) is 13.4. The van der Waals surface area contributed by atoms with Gasteiger partial charge in [0.15, 0.2) is 0 Å². The van der Waals surface area contributed by atoms with Gasteiger partial charge >= 0.3 is 0 Å². The van der Waals surface area contributed by atoms with Crippen LogP contribution >= 0.6 is 0 Å². The molecule has 4 heteroatoms. The molecule has 0 fully saturated rings. The van der Waals surface area contributed by atoms with Crippen LogP contribution in [0.4, 0.5) is 0 Å². The molecule has 0 aromatic carbocycles. The third-order valence-corrected chi connectivity index (χ3v) is 2.51. The number of rotatable bonds is 2. The number of hydrogen-bond acceptors (Lipinski definition) is 1. The molecular weight excluding hydrogens is 260 g/mol. The van der Waals surface area contributed by atoms with Crippen LogP contribution in [0.1, 0.15) is 68.5 Å². The summed E-state index contributed by atoms with van der Waals surface area (Å²) < 4.78 is 6.26. The monoisotopic (exact) mass is 297 g/mol. The first kappa shape index (κ1) is 24.4. The van der Waals surface area contributed by atoms with Crippen molar-refractivity contribution in [2.75, 3.05) is 0 Å². The van der Waals surface area contributed by atoms with Gasteiger partial charge in [0.2, 0.25) is 6.33 Å². The Bertz CT molecular complexity index is 414. The van der Waals surface area contributed by atoms with Gasteiger partial charge in [-0.25, -0.2) is 14.1 Å². The van der Waals surface area contributed by atoms with Gasteiger partial charge < -0.3 is 4.57 Å². The molecule has 0 saturated heterocycles. The van der Waals surface area contributed by atoms with E-state index in [9.17, 15) is 0 Å². The standard InChI is InChI=1S/C7H13N2.C6H10N2.C2H6.2CH4/c1-7(2)9-5-4-8(3)6-9;1-6(2)8-4-3-7-5-8;1-2;;/h4-7H,1-3H3;3-6H,1-2H3;1-2H3;2*1H4/q+1;;;;. The van der Waals surface area contributed by atoms with Crippen molar-refractivity contribution in [1.29, 1.82) is 0 Å². The second-order valence-corrected chi connectivity index (χ2v) is 4.72. The van der Waals surface area contributed by atoms with Gasteiger partial charge in [0.1, 0.15) is 12.4 Å². The Hall–Kier alpha value is -1.58. The van der Waals surface area contributed by atoms with Crippen molar-refractivity contribution < 1.29 is 4.57 Å². The molecule has 21 heavy (non-hydrogen) atoms. The molecule has 0 amide bonds. The Labute approximate surface area is 132 Å². The van der Waals surface area contributed by atoms with Crippen LogP contribution in [-0.2, 0) is 7.05 Å². The maximum atomic E-state index is 3.91. The predicted molar refractivity (Wildman–Crippen MR) is 93.4 cm³/mol. The van der Waals surface area contributed by atoms with Crippen LogP contribution in [0.15, 0.2) is 37.4 Å². The molecule has 2 heterocycles. The summed E-state index contributed by atoms with van der Waals surface area (Å²) in [4.78, 5) is 3.91. The van der Waals surface area contributed by atoms with Crippen LogP contribution in [0.2, 0.25) is 0 Å². The summed E-state index contributed by atoms with van der Waals surface area (Å²) in [5.41, 5.74) is 0. The summed E-state index contributed by atoms with van der Waals surface area (Å²) in [6, 6.07) is 1.11. The normalized spacial score (nSPS) is 8.81.